The maximum absolute atomic E-state index is 12.9. The highest BCUT2D eigenvalue weighted by Crippen LogP contribution is 2.28. The third-order valence-electron chi connectivity index (χ3n) is 4.35. The van der Waals surface area contributed by atoms with Crippen molar-refractivity contribution in [3.05, 3.63) is 40.4 Å². The lowest BCUT2D eigenvalue weighted by Crippen LogP contribution is -2.31. The van der Waals surface area contributed by atoms with Crippen LogP contribution in [0.1, 0.15) is 57.8 Å². The van der Waals surface area contributed by atoms with Crippen molar-refractivity contribution in [1.82, 2.24) is 9.55 Å². The van der Waals surface area contributed by atoms with Gasteiger partial charge in [-0.3, -0.25) is 9.36 Å². The van der Waals surface area contributed by atoms with Crippen LogP contribution in [0.5, 0.6) is 0 Å². The fraction of sp³-hybridized carbons (Fsp3) is 0.529. The van der Waals surface area contributed by atoms with E-state index in [0.29, 0.717) is 17.1 Å². The first-order chi connectivity index (χ1) is 10.0. The molecule has 1 aromatic heterocycles. The minimum atomic E-state index is -0.242. The third kappa shape index (κ3) is 2.98. The van der Waals surface area contributed by atoms with Gasteiger partial charge in [0.2, 0.25) is 0 Å². The first-order valence-electron chi connectivity index (χ1n) is 7.66. The maximum atomic E-state index is 12.9. The lowest BCUT2D eigenvalue weighted by atomic mass is 10.00. The SMILES string of the molecule is CCC(Cl)c1nc2ccccc2c(=O)n1C(C)C(C)CC. The summed E-state index contributed by atoms with van der Waals surface area (Å²) in [5, 5.41) is 0.421. The number of hydrogen-bond donors (Lipinski definition) is 0. The second-order valence-corrected chi connectivity index (χ2v) is 6.19. The van der Waals surface area contributed by atoms with Crippen LogP contribution in [0.25, 0.3) is 10.9 Å². The first kappa shape index (κ1) is 16.0. The zero-order valence-electron chi connectivity index (χ0n) is 13.1. The van der Waals surface area contributed by atoms with Crippen molar-refractivity contribution < 1.29 is 0 Å². The summed E-state index contributed by atoms with van der Waals surface area (Å²) in [5.74, 6) is 1.08. The molecule has 1 aromatic carbocycles. The largest absolute Gasteiger partial charge is 0.292 e. The Morgan fingerprint density at radius 3 is 2.48 bits per heavy atom. The van der Waals surface area contributed by atoms with E-state index in [1.54, 1.807) is 4.57 Å². The Labute approximate surface area is 131 Å². The van der Waals surface area contributed by atoms with E-state index in [1.165, 1.54) is 0 Å². The summed E-state index contributed by atoms with van der Waals surface area (Å²) >= 11 is 6.44. The molecule has 3 unspecified atom stereocenters. The summed E-state index contributed by atoms with van der Waals surface area (Å²) in [7, 11) is 0. The molecule has 3 nitrogen and oxygen atoms in total. The monoisotopic (exact) mass is 306 g/mol. The lowest BCUT2D eigenvalue weighted by Gasteiger charge is -2.25. The van der Waals surface area contributed by atoms with Gasteiger partial charge < -0.3 is 0 Å². The Kier molecular flexibility index (Phi) is 5.04. The number of alkyl halides is 1. The van der Waals surface area contributed by atoms with Crippen molar-refractivity contribution in [2.45, 2.75) is 52.0 Å². The summed E-state index contributed by atoms with van der Waals surface area (Å²) in [6.45, 7) is 8.38. The highest BCUT2D eigenvalue weighted by molar-refractivity contribution is 6.20. The summed E-state index contributed by atoms with van der Waals surface area (Å²) in [5.41, 5.74) is 0.742. The molecule has 3 atom stereocenters. The predicted molar refractivity (Wildman–Crippen MR) is 89.1 cm³/mol. The number of hydrogen-bond acceptors (Lipinski definition) is 2. The molecular formula is C17H23ClN2O. The quantitative estimate of drug-likeness (QED) is 0.751. The average Bonchev–Trinajstić information content (AvgIpc) is 2.52. The summed E-state index contributed by atoms with van der Waals surface area (Å²) in [6.07, 6.45) is 1.76. The van der Waals surface area contributed by atoms with Crippen molar-refractivity contribution in [3.8, 4) is 0 Å². The Morgan fingerprint density at radius 1 is 1.19 bits per heavy atom. The van der Waals surface area contributed by atoms with Gasteiger partial charge in [0.05, 0.1) is 16.3 Å². The van der Waals surface area contributed by atoms with E-state index in [9.17, 15) is 4.79 Å². The van der Waals surface area contributed by atoms with Crippen molar-refractivity contribution >= 4 is 22.5 Å². The minimum Gasteiger partial charge on any atom is -0.292 e. The molecule has 21 heavy (non-hydrogen) atoms. The molecule has 0 spiro atoms. The number of halogens is 1. The molecule has 0 aliphatic heterocycles. The predicted octanol–water partition coefficient (Wildman–Crippen LogP) is 4.69. The van der Waals surface area contributed by atoms with E-state index in [-0.39, 0.29) is 17.0 Å². The van der Waals surface area contributed by atoms with Crippen LogP contribution in [0.15, 0.2) is 29.1 Å². The Morgan fingerprint density at radius 2 is 1.86 bits per heavy atom. The van der Waals surface area contributed by atoms with Gasteiger partial charge in [-0.15, -0.1) is 11.6 Å². The molecule has 0 saturated heterocycles. The van der Waals surface area contributed by atoms with E-state index in [1.807, 2.05) is 31.2 Å². The number of rotatable bonds is 5. The topological polar surface area (TPSA) is 34.9 Å². The van der Waals surface area contributed by atoms with E-state index < -0.39 is 0 Å². The smallest absolute Gasteiger partial charge is 0.261 e. The van der Waals surface area contributed by atoms with Gasteiger partial charge in [-0.2, -0.15) is 0 Å². The van der Waals surface area contributed by atoms with Crippen molar-refractivity contribution in [1.29, 1.82) is 0 Å². The van der Waals surface area contributed by atoms with E-state index in [2.05, 4.69) is 25.8 Å². The van der Waals surface area contributed by atoms with Crippen LogP contribution in [-0.2, 0) is 0 Å². The normalized spacial score (nSPS) is 15.9. The lowest BCUT2D eigenvalue weighted by molar-refractivity contribution is 0.349. The number of nitrogens with zero attached hydrogens (tertiary/aromatic N) is 2. The van der Waals surface area contributed by atoms with E-state index in [4.69, 9.17) is 11.6 Å². The van der Waals surface area contributed by atoms with Crippen LogP contribution >= 0.6 is 11.6 Å². The molecule has 0 aliphatic rings. The van der Waals surface area contributed by atoms with Crippen LogP contribution in [0.3, 0.4) is 0 Å². The van der Waals surface area contributed by atoms with Crippen molar-refractivity contribution in [2.75, 3.05) is 0 Å². The fourth-order valence-electron chi connectivity index (χ4n) is 2.56. The van der Waals surface area contributed by atoms with Crippen molar-refractivity contribution in [3.63, 3.8) is 0 Å². The summed E-state index contributed by atoms with van der Waals surface area (Å²) < 4.78 is 1.80. The molecular weight excluding hydrogens is 284 g/mol. The molecule has 2 aromatic rings. The first-order valence-corrected chi connectivity index (χ1v) is 8.10. The van der Waals surface area contributed by atoms with Gasteiger partial charge in [0.25, 0.3) is 5.56 Å². The molecule has 0 fully saturated rings. The molecule has 0 bridgehead atoms. The molecule has 0 aliphatic carbocycles. The number of benzene rings is 1. The van der Waals surface area contributed by atoms with Crippen molar-refractivity contribution in [2.24, 2.45) is 5.92 Å². The van der Waals surface area contributed by atoms with Gasteiger partial charge in [-0.1, -0.05) is 39.3 Å². The molecule has 4 heteroatoms. The minimum absolute atomic E-state index is 0.0162. The maximum Gasteiger partial charge on any atom is 0.261 e. The van der Waals surface area contributed by atoms with Crippen LogP contribution in [0, 0.1) is 5.92 Å². The molecule has 114 valence electrons. The molecule has 0 saturated carbocycles. The van der Waals surface area contributed by atoms with E-state index in [0.717, 1.165) is 18.4 Å². The number of fused-ring (bicyclic) bond motifs is 1. The standard InChI is InChI=1S/C17H23ClN2O/c1-5-11(3)12(4)20-16(14(18)6-2)19-15-10-8-7-9-13(15)17(20)21/h7-12,14H,5-6H2,1-4H3. The second kappa shape index (κ2) is 6.61. The zero-order valence-corrected chi connectivity index (χ0v) is 13.9. The van der Waals surface area contributed by atoms with Gasteiger partial charge in [0.15, 0.2) is 0 Å². The zero-order chi connectivity index (χ0) is 15.6. The number of para-hydroxylation sites is 1. The molecule has 2 rings (SSSR count). The van der Waals surface area contributed by atoms with Gasteiger partial charge >= 0.3 is 0 Å². The van der Waals surface area contributed by atoms with Crippen LogP contribution in [0.2, 0.25) is 0 Å². The highest BCUT2D eigenvalue weighted by Gasteiger charge is 2.23. The summed E-state index contributed by atoms with van der Waals surface area (Å²) in [4.78, 5) is 17.6. The Balaban J connectivity index is 2.75. The molecule has 1 heterocycles. The molecule has 0 radical (unpaired) electrons. The third-order valence-corrected chi connectivity index (χ3v) is 4.85. The van der Waals surface area contributed by atoms with Crippen LogP contribution < -0.4 is 5.56 Å². The Bertz CT molecular complexity index is 680. The molecule has 0 N–H and O–H groups in total. The molecule has 0 amide bonds. The van der Waals surface area contributed by atoms with Gasteiger partial charge in [-0.25, -0.2) is 4.98 Å². The van der Waals surface area contributed by atoms with Crippen LogP contribution in [0.4, 0.5) is 0 Å². The Hall–Kier alpha value is -1.35. The van der Waals surface area contributed by atoms with Gasteiger partial charge in [-0.05, 0) is 31.4 Å². The van der Waals surface area contributed by atoms with Crippen LogP contribution in [-0.4, -0.2) is 9.55 Å². The van der Waals surface area contributed by atoms with E-state index >= 15 is 0 Å². The van der Waals surface area contributed by atoms with Gasteiger partial charge in [0, 0.05) is 6.04 Å². The average molecular weight is 307 g/mol. The fourth-order valence-corrected chi connectivity index (χ4v) is 2.71. The second-order valence-electron chi connectivity index (χ2n) is 5.66. The summed E-state index contributed by atoms with van der Waals surface area (Å²) in [6, 6.07) is 7.57. The number of aromatic nitrogens is 2. The van der Waals surface area contributed by atoms with Gasteiger partial charge in [0.1, 0.15) is 5.82 Å². The highest BCUT2D eigenvalue weighted by atomic mass is 35.5.